The molecule has 6 rings (SSSR count). The summed E-state index contributed by atoms with van der Waals surface area (Å²) in [4.78, 5) is 43.7. The van der Waals surface area contributed by atoms with Crippen LogP contribution in [0.5, 0.6) is 0 Å². The summed E-state index contributed by atoms with van der Waals surface area (Å²) in [5, 5.41) is 6.33. The minimum Gasteiger partial charge on any atom is -0.359 e. The van der Waals surface area contributed by atoms with Gasteiger partial charge in [0.15, 0.2) is 0 Å². The average molecular weight is 542 g/mol. The number of anilines is 1. The summed E-state index contributed by atoms with van der Waals surface area (Å²) in [6, 6.07) is 16.8. The number of aryl methyl sites for hydroxylation is 1. The first kappa shape index (κ1) is 26.8. The second-order valence-electron chi connectivity index (χ2n) is 12.2. The number of nitrogens with one attached hydrogen (secondary N) is 2. The Bertz CT molecular complexity index is 1330. The van der Waals surface area contributed by atoms with E-state index in [0.717, 1.165) is 30.4 Å². The van der Waals surface area contributed by atoms with Gasteiger partial charge in [-0.15, -0.1) is 0 Å². The van der Waals surface area contributed by atoms with Crippen molar-refractivity contribution in [1.29, 1.82) is 0 Å². The highest BCUT2D eigenvalue weighted by Gasteiger charge is 2.72. The normalized spacial score (nSPS) is 34.1. The fourth-order valence-corrected chi connectivity index (χ4v) is 7.40. The molecular weight excluding hydrogens is 502 g/mol. The Morgan fingerprint density at radius 3 is 2.62 bits per heavy atom. The quantitative estimate of drug-likeness (QED) is 0.513. The third-order valence-corrected chi connectivity index (χ3v) is 9.73. The lowest BCUT2D eigenvalue weighted by Crippen LogP contribution is -2.58. The number of amides is 3. The average Bonchev–Trinajstić information content (AvgIpc) is 3.58. The van der Waals surface area contributed by atoms with Gasteiger partial charge in [0.25, 0.3) is 0 Å². The van der Waals surface area contributed by atoms with E-state index < -0.39 is 29.6 Å². The first-order valence-electron chi connectivity index (χ1n) is 14.7. The van der Waals surface area contributed by atoms with Crippen LogP contribution in [0.25, 0.3) is 0 Å². The molecule has 7 nitrogen and oxygen atoms in total. The number of hydrogen-bond acceptors (Lipinski definition) is 4. The van der Waals surface area contributed by atoms with Gasteiger partial charge in [0.1, 0.15) is 11.6 Å². The zero-order chi connectivity index (χ0) is 28.0. The van der Waals surface area contributed by atoms with Crippen LogP contribution < -0.4 is 10.6 Å². The van der Waals surface area contributed by atoms with E-state index in [9.17, 15) is 14.4 Å². The van der Waals surface area contributed by atoms with Gasteiger partial charge >= 0.3 is 0 Å². The number of likely N-dealkylation sites (tertiary alicyclic amines) is 1. The maximum atomic E-state index is 14.2. The first-order valence-corrected chi connectivity index (χ1v) is 14.7. The molecule has 40 heavy (non-hydrogen) atoms. The topological polar surface area (TPSA) is 87.7 Å². The predicted molar refractivity (Wildman–Crippen MR) is 153 cm³/mol. The molecule has 3 fully saturated rings. The lowest BCUT2D eigenvalue weighted by atomic mass is 9.73. The van der Waals surface area contributed by atoms with Crippen LogP contribution in [0.4, 0.5) is 5.69 Å². The summed E-state index contributed by atoms with van der Waals surface area (Å²) >= 11 is 0. The van der Waals surface area contributed by atoms with Crippen LogP contribution in [-0.2, 0) is 25.5 Å². The summed E-state index contributed by atoms with van der Waals surface area (Å²) in [5.74, 6) is -1.19. The van der Waals surface area contributed by atoms with Crippen LogP contribution in [0.15, 0.2) is 66.7 Å². The van der Waals surface area contributed by atoms with Gasteiger partial charge in [-0.1, -0.05) is 81.3 Å². The van der Waals surface area contributed by atoms with E-state index in [-0.39, 0.29) is 23.8 Å². The van der Waals surface area contributed by atoms with E-state index in [4.69, 9.17) is 4.74 Å². The number of hydrogen-bond donors (Lipinski definition) is 2. The Morgan fingerprint density at radius 2 is 1.85 bits per heavy atom. The van der Waals surface area contributed by atoms with E-state index in [2.05, 4.69) is 24.5 Å². The summed E-state index contributed by atoms with van der Waals surface area (Å²) in [6.07, 6.45) is 7.00. The van der Waals surface area contributed by atoms with Gasteiger partial charge in [0.05, 0.1) is 17.9 Å². The molecule has 1 aliphatic carbocycles. The number of carbonyl (C=O) groups is 3. The molecule has 0 radical (unpaired) electrons. The van der Waals surface area contributed by atoms with Crippen LogP contribution in [-0.4, -0.2) is 53.0 Å². The molecule has 2 bridgehead atoms. The summed E-state index contributed by atoms with van der Waals surface area (Å²) in [5.41, 5.74) is 1.66. The number of ether oxygens (including phenoxy) is 1. The molecule has 0 aromatic heterocycles. The zero-order valence-electron chi connectivity index (χ0n) is 23.5. The van der Waals surface area contributed by atoms with Crippen molar-refractivity contribution in [1.82, 2.24) is 10.2 Å². The standard InChI is InChI=1S/C33H39N3O4/c1-20-9-7-13-24(19-20)34-30(37)27-26-15-17-33(40-26)28(27)32(39)36(18-16-23-11-5-4-6-12-23)29(33)31(38)35-25-14-8-10-21(2)22(25)3/h4-7,9,11-13,15,17,19,21-22,25-29H,8,10,14,16,18H2,1-3H3,(H,34,37)(H,35,38). The summed E-state index contributed by atoms with van der Waals surface area (Å²) < 4.78 is 6.51. The number of benzene rings is 2. The first-order chi connectivity index (χ1) is 19.3. The molecule has 1 spiro atoms. The van der Waals surface area contributed by atoms with Gasteiger partial charge in [-0.05, 0) is 54.9 Å². The maximum Gasteiger partial charge on any atom is 0.246 e. The van der Waals surface area contributed by atoms with E-state index in [1.54, 1.807) is 4.90 Å². The van der Waals surface area contributed by atoms with Crippen molar-refractivity contribution in [3.8, 4) is 0 Å². The molecule has 3 amide bonds. The molecular formula is C33H39N3O4. The van der Waals surface area contributed by atoms with Crippen LogP contribution in [0, 0.1) is 30.6 Å². The SMILES string of the molecule is Cc1cccc(NC(=O)C2C3C=CC4(O3)C2C(=O)N(CCc2ccccc2)C4C(=O)NC2CCCC(C)C2C)c1. The second-order valence-corrected chi connectivity index (χ2v) is 12.2. The van der Waals surface area contributed by atoms with Gasteiger partial charge in [0, 0.05) is 18.3 Å². The van der Waals surface area contributed by atoms with E-state index in [1.807, 2.05) is 73.7 Å². The zero-order valence-corrected chi connectivity index (χ0v) is 23.5. The molecule has 2 aromatic carbocycles. The molecule has 210 valence electrons. The van der Waals surface area contributed by atoms with Crippen LogP contribution in [0.3, 0.4) is 0 Å². The second kappa shape index (κ2) is 10.5. The fourth-order valence-electron chi connectivity index (χ4n) is 7.40. The van der Waals surface area contributed by atoms with E-state index >= 15 is 0 Å². The molecule has 3 aliphatic heterocycles. The van der Waals surface area contributed by atoms with Crippen molar-refractivity contribution in [2.75, 3.05) is 11.9 Å². The smallest absolute Gasteiger partial charge is 0.246 e. The van der Waals surface area contributed by atoms with Crippen molar-refractivity contribution in [2.24, 2.45) is 23.7 Å². The molecule has 3 heterocycles. The lowest BCUT2D eigenvalue weighted by Gasteiger charge is -2.38. The van der Waals surface area contributed by atoms with Gasteiger partial charge in [0.2, 0.25) is 17.7 Å². The van der Waals surface area contributed by atoms with Crippen molar-refractivity contribution in [3.05, 3.63) is 77.9 Å². The van der Waals surface area contributed by atoms with Crippen molar-refractivity contribution < 1.29 is 19.1 Å². The summed E-state index contributed by atoms with van der Waals surface area (Å²) in [7, 11) is 0. The van der Waals surface area contributed by atoms with Gasteiger partial charge < -0.3 is 20.3 Å². The monoisotopic (exact) mass is 541 g/mol. The number of fused-ring (bicyclic) bond motifs is 1. The Balaban J connectivity index is 1.30. The number of carbonyl (C=O) groups excluding carboxylic acids is 3. The highest BCUT2D eigenvalue weighted by Crippen LogP contribution is 2.55. The maximum absolute atomic E-state index is 14.2. The highest BCUT2D eigenvalue weighted by molar-refractivity contribution is 6.02. The largest absolute Gasteiger partial charge is 0.359 e. The number of nitrogens with zero attached hydrogens (tertiary/aromatic N) is 1. The van der Waals surface area contributed by atoms with Crippen LogP contribution in [0.1, 0.15) is 44.2 Å². The Hall–Kier alpha value is -3.45. The van der Waals surface area contributed by atoms with E-state index in [0.29, 0.717) is 30.5 Å². The van der Waals surface area contributed by atoms with Crippen LogP contribution in [0.2, 0.25) is 0 Å². The van der Waals surface area contributed by atoms with Crippen molar-refractivity contribution in [2.45, 2.75) is 70.2 Å². The Morgan fingerprint density at radius 1 is 1.05 bits per heavy atom. The summed E-state index contributed by atoms with van der Waals surface area (Å²) in [6.45, 7) is 6.79. The Labute approximate surface area is 236 Å². The molecule has 2 saturated heterocycles. The van der Waals surface area contributed by atoms with Crippen molar-refractivity contribution >= 4 is 23.4 Å². The van der Waals surface area contributed by atoms with E-state index in [1.165, 1.54) is 0 Å². The molecule has 7 heteroatoms. The lowest BCUT2D eigenvalue weighted by molar-refractivity contribution is -0.141. The highest BCUT2D eigenvalue weighted by atomic mass is 16.5. The molecule has 2 N–H and O–H groups in total. The Kier molecular flexibility index (Phi) is 7.03. The third kappa shape index (κ3) is 4.54. The number of rotatable bonds is 7. The molecule has 8 unspecified atom stereocenters. The van der Waals surface area contributed by atoms with Crippen molar-refractivity contribution in [3.63, 3.8) is 0 Å². The predicted octanol–water partition coefficient (Wildman–Crippen LogP) is 4.27. The molecule has 2 aromatic rings. The van der Waals surface area contributed by atoms with Gasteiger partial charge in [-0.2, -0.15) is 0 Å². The molecule has 1 saturated carbocycles. The minimum absolute atomic E-state index is 0.0563. The third-order valence-electron chi connectivity index (χ3n) is 9.73. The minimum atomic E-state index is -1.15. The fraction of sp³-hybridized carbons (Fsp3) is 0.485. The van der Waals surface area contributed by atoms with Crippen LogP contribution >= 0.6 is 0 Å². The van der Waals surface area contributed by atoms with Gasteiger partial charge in [-0.3, -0.25) is 14.4 Å². The van der Waals surface area contributed by atoms with Gasteiger partial charge in [-0.25, -0.2) is 0 Å². The molecule has 8 atom stereocenters. The molecule has 4 aliphatic rings.